The molecule has 28 heavy (non-hydrogen) atoms. The van der Waals surface area contributed by atoms with Crippen LogP contribution in [0.3, 0.4) is 0 Å². The van der Waals surface area contributed by atoms with E-state index in [9.17, 15) is 14.4 Å². The third-order valence-corrected chi connectivity index (χ3v) is 5.50. The zero-order valence-corrected chi connectivity index (χ0v) is 16.7. The molecule has 144 valence electrons. The van der Waals surface area contributed by atoms with Crippen molar-refractivity contribution in [2.45, 2.75) is 25.3 Å². The summed E-state index contributed by atoms with van der Waals surface area (Å²) >= 11 is 3.38. The number of nitrogens with zero attached hydrogens (tertiary/aromatic N) is 1. The van der Waals surface area contributed by atoms with E-state index in [1.165, 1.54) is 0 Å². The van der Waals surface area contributed by atoms with Crippen LogP contribution in [-0.2, 0) is 9.59 Å². The molecule has 1 aliphatic carbocycles. The number of para-hydroxylation sites is 1. The topological polar surface area (TPSA) is 78.5 Å². The van der Waals surface area contributed by atoms with E-state index in [2.05, 4.69) is 26.6 Å². The Morgan fingerprint density at radius 3 is 2.46 bits per heavy atom. The summed E-state index contributed by atoms with van der Waals surface area (Å²) in [6.45, 7) is 0.322. The van der Waals surface area contributed by atoms with Gasteiger partial charge in [0.05, 0.1) is 17.2 Å². The van der Waals surface area contributed by atoms with Crippen LogP contribution >= 0.6 is 15.9 Å². The Morgan fingerprint density at radius 1 is 1.04 bits per heavy atom. The molecule has 1 saturated heterocycles. The molecule has 0 radical (unpaired) electrons. The lowest BCUT2D eigenvalue weighted by Crippen LogP contribution is -2.30. The van der Waals surface area contributed by atoms with Crippen molar-refractivity contribution in [1.82, 2.24) is 5.32 Å². The molecule has 6 nitrogen and oxygen atoms in total. The van der Waals surface area contributed by atoms with E-state index in [0.29, 0.717) is 17.8 Å². The zero-order valence-electron chi connectivity index (χ0n) is 15.2. The van der Waals surface area contributed by atoms with Crippen LogP contribution < -0.4 is 15.5 Å². The molecule has 4 rings (SSSR count). The quantitative estimate of drug-likeness (QED) is 0.746. The highest BCUT2D eigenvalue weighted by atomic mass is 79.9. The van der Waals surface area contributed by atoms with Crippen molar-refractivity contribution in [3.05, 3.63) is 58.6 Å². The van der Waals surface area contributed by atoms with Gasteiger partial charge in [0.2, 0.25) is 11.8 Å². The van der Waals surface area contributed by atoms with E-state index >= 15 is 0 Å². The molecule has 0 aromatic heterocycles. The Bertz CT molecular complexity index is 925. The van der Waals surface area contributed by atoms with Crippen molar-refractivity contribution in [1.29, 1.82) is 0 Å². The fourth-order valence-electron chi connectivity index (χ4n) is 3.27. The molecule has 1 unspecified atom stereocenters. The molecule has 2 N–H and O–H groups in total. The normalized spacial score (nSPS) is 18.8. The van der Waals surface area contributed by atoms with Gasteiger partial charge in [0.15, 0.2) is 0 Å². The summed E-state index contributed by atoms with van der Waals surface area (Å²) in [5.41, 5.74) is 1.68. The molecule has 2 aromatic carbocycles. The standard InChI is InChI=1S/C21H20BrN3O3/c22-14-5-9-16(10-6-14)25-12-13(11-19(25)26)20(27)24-18-4-2-1-3-17(18)21(28)23-15-7-8-15/h1-6,9-10,13,15H,7-8,11-12H2,(H,23,28)(H,24,27). The van der Waals surface area contributed by atoms with Crippen LogP contribution in [-0.4, -0.2) is 30.3 Å². The van der Waals surface area contributed by atoms with Gasteiger partial charge in [0.25, 0.3) is 5.91 Å². The number of carbonyl (C=O) groups excluding carboxylic acids is 3. The highest BCUT2D eigenvalue weighted by molar-refractivity contribution is 9.10. The van der Waals surface area contributed by atoms with Gasteiger partial charge in [-0.3, -0.25) is 14.4 Å². The average molecular weight is 442 g/mol. The second-order valence-corrected chi connectivity index (χ2v) is 8.08. The number of halogens is 1. The molecular formula is C21H20BrN3O3. The van der Waals surface area contributed by atoms with Gasteiger partial charge in [-0.2, -0.15) is 0 Å². The first-order chi connectivity index (χ1) is 13.5. The maximum atomic E-state index is 12.8. The SMILES string of the molecule is O=C(NC1CC1)c1ccccc1NC(=O)C1CC(=O)N(c2ccc(Br)cc2)C1. The van der Waals surface area contributed by atoms with Crippen LogP contribution in [0.15, 0.2) is 53.0 Å². The lowest BCUT2D eigenvalue weighted by Gasteiger charge is -2.17. The first kappa shape index (κ1) is 18.7. The van der Waals surface area contributed by atoms with Crippen LogP contribution in [0.1, 0.15) is 29.6 Å². The van der Waals surface area contributed by atoms with Crippen molar-refractivity contribution in [3.63, 3.8) is 0 Å². The second-order valence-electron chi connectivity index (χ2n) is 7.16. The summed E-state index contributed by atoms with van der Waals surface area (Å²) in [6, 6.07) is 14.6. The molecule has 3 amide bonds. The summed E-state index contributed by atoms with van der Waals surface area (Å²) in [6.07, 6.45) is 2.14. The predicted octanol–water partition coefficient (Wildman–Crippen LogP) is 3.33. The van der Waals surface area contributed by atoms with Crippen molar-refractivity contribution < 1.29 is 14.4 Å². The van der Waals surface area contributed by atoms with Gasteiger partial charge in [-0.1, -0.05) is 28.1 Å². The summed E-state index contributed by atoms with van der Waals surface area (Å²) in [5, 5.41) is 5.78. The molecule has 1 saturated carbocycles. The van der Waals surface area contributed by atoms with Gasteiger partial charge >= 0.3 is 0 Å². The molecule has 7 heteroatoms. The van der Waals surface area contributed by atoms with Gasteiger partial charge < -0.3 is 15.5 Å². The summed E-state index contributed by atoms with van der Waals surface area (Å²) < 4.78 is 0.929. The molecule has 1 atom stereocenters. The third-order valence-electron chi connectivity index (χ3n) is 4.98. The molecule has 2 aliphatic rings. The van der Waals surface area contributed by atoms with Crippen LogP contribution in [0.2, 0.25) is 0 Å². The highest BCUT2D eigenvalue weighted by Crippen LogP contribution is 2.28. The summed E-state index contributed by atoms with van der Waals surface area (Å²) in [5.74, 6) is -0.977. The number of amides is 3. The van der Waals surface area contributed by atoms with Crippen LogP contribution in [0, 0.1) is 5.92 Å². The number of hydrogen-bond acceptors (Lipinski definition) is 3. The fourth-order valence-corrected chi connectivity index (χ4v) is 3.53. The lowest BCUT2D eigenvalue weighted by molar-refractivity contribution is -0.122. The highest BCUT2D eigenvalue weighted by Gasteiger charge is 2.35. The Hall–Kier alpha value is -2.67. The number of hydrogen-bond donors (Lipinski definition) is 2. The molecule has 2 fully saturated rings. The monoisotopic (exact) mass is 441 g/mol. The molecule has 1 aliphatic heterocycles. The molecule has 0 bridgehead atoms. The van der Waals surface area contributed by atoms with Gasteiger partial charge in [-0.15, -0.1) is 0 Å². The fraction of sp³-hybridized carbons (Fsp3) is 0.286. The third kappa shape index (κ3) is 4.09. The average Bonchev–Trinajstić information content (AvgIpc) is 3.41. The predicted molar refractivity (Wildman–Crippen MR) is 110 cm³/mol. The van der Waals surface area contributed by atoms with Crippen molar-refractivity contribution >= 4 is 45.0 Å². The Kier molecular flexibility index (Phi) is 5.17. The smallest absolute Gasteiger partial charge is 0.253 e. The number of carbonyl (C=O) groups is 3. The summed E-state index contributed by atoms with van der Waals surface area (Å²) in [4.78, 5) is 39.2. The van der Waals surface area contributed by atoms with Crippen LogP contribution in [0.5, 0.6) is 0 Å². The van der Waals surface area contributed by atoms with Crippen molar-refractivity contribution in [2.24, 2.45) is 5.92 Å². The number of benzene rings is 2. The largest absolute Gasteiger partial charge is 0.349 e. The Balaban J connectivity index is 1.45. The number of anilines is 2. The first-order valence-electron chi connectivity index (χ1n) is 9.28. The first-order valence-corrected chi connectivity index (χ1v) is 10.1. The molecule has 1 heterocycles. The second kappa shape index (κ2) is 7.75. The Morgan fingerprint density at radius 2 is 1.75 bits per heavy atom. The van der Waals surface area contributed by atoms with Crippen molar-refractivity contribution in [2.75, 3.05) is 16.8 Å². The van der Waals surface area contributed by atoms with E-state index in [-0.39, 0.29) is 30.2 Å². The lowest BCUT2D eigenvalue weighted by atomic mass is 10.1. The van der Waals surface area contributed by atoms with Crippen molar-refractivity contribution in [3.8, 4) is 0 Å². The van der Waals surface area contributed by atoms with Crippen LogP contribution in [0.4, 0.5) is 11.4 Å². The number of rotatable bonds is 5. The van der Waals surface area contributed by atoms with Gasteiger partial charge in [-0.05, 0) is 49.2 Å². The maximum absolute atomic E-state index is 12.8. The van der Waals surface area contributed by atoms with E-state index in [4.69, 9.17) is 0 Å². The van der Waals surface area contributed by atoms with E-state index in [1.54, 1.807) is 29.2 Å². The van der Waals surface area contributed by atoms with Gasteiger partial charge in [0, 0.05) is 29.2 Å². The van der Waals surface area contributed by atoms with Gasteiger partial charge in [-0.25, -0.2) is 0 Å². The molecule has 0 spiro atoms. The molecular weight excluding hydrogens is 422 g/mol. The number of nitrogens with one attached hydrogen (secondary N) is 2. The van der Waals surface area contributed by atoms with Gasteiger partial charge in [0.1, 0.15) is 0 Å². The van der Waals surface area contributed by atoms with E-state index in [1.807, 2.05) is 24.3 Å². The summed E-state index contributed by atoms with van der Waals surface area (Å²) in [7, 11) is 0. The zero-order chi connectivity index (χ0) is 19.7. The molecule has 2 aromatic rings. The van der Waals surface area contributed by atoms with E-state index < -0.39 is 5.92 Å². The minimum absolute atomic E-state index is 0.0813. The van der Waals surface area contributed by atoms with Crippen LogP contribution in [0.25, 0.3) is 0 Å². The minimum Gasteiger partial charge on any atom is -0.349 e. The maximum Gasteiger partial charge on any atom is 0.253 e. The van der Waals surface area contributed by atoms with E-state index in [0.717, 1.165) is 23.0 Å². The Labute approximate surface area is 171 Å². The minimum atomic E-state index is -0.462.